The van der Waals surface area contributed by atoms with Crippen molar-refractivity contribution < 1.29 is 9.59 Å². The average Bonchev–Trinajstić information content (AvgIpc) is 2.94. The molecule has 1 aromatic heterocycles. The Morgan fingerprint density at radius 3 is 2.33 bits per heavy atom. The molecule has 0 unspecified atom stereocenters. The fourth-order valence-electron chi connectivity index (χ4n) is 2.04. The summed E-state index contributed by atoms with van der Waals surface area (Å²) < 4.78 is 4.02. The number of aryl methyl sites for hydroxylation is 1. The highest BCUT2D eigenvalue weighted by Gasteiger charge is 2.44. The number of hydrogen-bond donors (Lipinski definition) is 0. The van der Waals surface area contributed by atoms with E-state index in [1.807, 2.05) is 0 Å². The van der Waals surface area contributed by atoms with Crippen molar-refractivity contribution in [2.75, 3.05) is 13.1 Å². The van der Waals surface area contributed by atoms with Crippen molar-refractivity contribution in [1.29, 1.82) is 0 Å². The fourth-order valence-corrected chi connectivity index (χ4v) is 2.71. The molecule has 0 aliphatic carbocycles. The minimum absolute atomic E-state index is 0.307. The summed E-state index contributed by atoms with van der Waals surface area (Å²) in [5.41, 5.74) is 0.875. The van der Waals surface area contributed by atoms with Gasteiger partial charge in [0.05, 0.1) is 12.3 Å². The summed E-state index contributed by atoms with van der Waals surface area (Å²) in [5.74, 6) is -0.780. The second kappa shape index (κ2) is 5.97. The van der Waals surface area contributed by atoms with Gasteiger partial charge in [-0.1, -0.05) is 0 Å². The molecule has 2 rings (SSSR count). The molecule has 1 aromatic rings. The Kier molecular flexibility index (Phi) is 4.28. The molecule has 0 N–H and O–H groups in total. The Morgan fingerprint density at radius 2 is 1.86 bits per heavy atom. The van der Waals surface area contributed by atoms with Crippen LogP contribution in [0.5, 0.6) is 0 Å². The van der Waals surface area contributed by atoms with E-state index in [-0.39, 0.29) is 0 Å². The lowest BCUT2D eigenvalue weighted by molar-refractivity contribution is -0.145. The topological polar surface area (TPSA) is 82.6 Å². The first-order valence-electron chi connectivity index (χ1n) is 6.42. The van der Waals surface area contributed by atoms with Crippen LogP contribution in [0.2, 0.25) is 0 Å². The second-order valence-electron chi connectivity index (χ2n) is 4.26. The number of azo groups is 1. The zero-order chi connectivity index (χ0) is 15.6. The lowest BCUT2D eigenvalue weighted by Gasteiger charge is -2.24. The summed E-state index contributed by atoms with van der Waals surface area (Å²) in [6.07, 6.45) is 0. The molecule has 0 saturated carbocycles. The highest BCUT2D eigenvalue weighted by molar-refractivity contribution is 7.10. The second-order valence-corrected chi connectivity index (χ2v) is 5.01. The summed E-state index contributed by atoms with van der Waals surface area (Å²) >= 11 is 1.03. The van der Waals surface area contributed by atoms with Gasteiger partial charge in [-0.15, -0.1) is 0 Å². The molecule has 1 aliphatic heterocycles. The van der Waals surface area contributed by atoms with E-state index in [4.69, 9.17) is 6.57 Å². The van der Waals surface area contributed by atoms with Crippen molar-refractivity contribution in [3.63, 3.8) is 0 Å². The number of rotatable bonds is 4. The first-order chi connectivity index (χ1) is 10.0. The predicted molar refractivity (Wildman–Crippen MR) is 76.2 cm³/mol. The lowest BCUT2D eigenvalue weighted by Crippen LogP contribution is -2.40. The molecule has 0 atom stereocenters. The molecular weight excluding hydrogens is 292 g/mol. The molecule has 2 heterocycles. The number of hydrazine groups is 1. The largest absolute Gasteiger partial charge is 0.277 e. The normalized spacial score (nSPS) is 16.3. The SMILES string of the molecule is [C-]#[N+]c1c(C)nsc1N=NC1C(=O)N(CC)N(CC)C1=O. The molecule has 1 fully saturated rings. The zero-order valence-corrected chi connectivity index (χ0v) is 12.7. The molecule has 0 aromatic carbocycles. The van der Waals surface area contributed by atoms with E-state index in [0.717, 1.165) is 11.5 Å². The highest BCUT2D eigenvalue weighted by Crippen LogP contribution is 2.36. The van der Waals surface area contributed by atoms with Crippen LogP contribution in [0, 0.1) is 13.5 Å². The van der Waals surface area contributed by atoms with Gasteiger partial charge in [-0.3, -0.25) is 9.59 Å². The maximum atomic E-state index is 12.1. The van der Waals surface area contributed by atoms with Gasteiger partial charge in [-0.05, 0) is 32.3 Å². The Labute approximate surface area is 126 Å². The van der Waals surface area contributed by atoms with Crippen LogP contribution >= 0.6 is 11.5 Å². The van der Waals surface area contributed by atoms with Crippen molar-refractivity contribution in [2.45, 2.75) is 26.8 Å². The molecule has 0 spiro atoms. The third-order valence-electron chi connectivity index (χ3n) is 3.06. The van der Waals surface area contributed by atoms with Crippen LogP contribution in [0.1, 0.15) is 19.5 Å². The maximum absolute atomic E-state index is 12.1. The molecule has 9 heteroatoms. The maximum Gasteiger partial charge on any atom is 0.277 e. The van der Waals surface area contributed by atoms with Crippen molar-refractivity contribution in [3.8, 4) is 0 Å². The van der Waals surface area contributed by atoms with Crippen LogP contribution in [-0.4, -0.2) is 45.3 Å². The van der Waals surface area contributed by atoms with Gasteiger partial charge in [-0.2, -0.15) is 10.2 Å². The molecule has 8 nitrogen and oxygen atoms in total. The van der Waals surface area contributed by atoms with Gasteiger partial charge in [-0.25, -0.2) is 19.2 Å². The number of carbonyl (C=O) groups is 2. The number of carbonyl (C=O) groups excluding carboxylic acids is 2. The van der Waals surface area contributed by atoms with Gasteiger partial charge in [0, 0.05) is 13.1 Å². The van der Waals surface area contributed by atoms with E-state index >= 15 is 0 Å². The Hall–Kier alpha value is -2.34. The van der Waals surface area contributed by atoms with Crippen LogP contribution in [0.15, 0.2) is 10.2 Å². The van der Waals surface area contributed by atoms with Crippen LogP contribution < -0.4 is 0 Å². The monoisotopic (exact) mass is 306 g/mol. The minimum Gasteiger partial charge on any atom is -0.270 e. The summed E-state index contributed by atoms with van der Waals surface area (Å²) in [4.78, 5) is 27.6. The number of nitrogens with zero attached hydrogens (tertiary/aromatic N) is 6. The Balaban J connectivity index is 2.27. The predicted octanol–water partition coefficient (Wildman–Crippen LogP) is 2.08. The summed E-state index contributed by atoms with van der Waals surface area (Å²) in [5, 5.41) is 10.8. The molecule has 110 valence electrons. The molecular formula is C12H14N6O2S. The average molecular weight is 306 g/mol. The van der Waals surface area contributed by atoms with E-state index in [9.17, 15) is 9.59 Å². The summed E-state index contributed by atoms with van der Waals surface area (Å²) in [6, 6.07) is -1.16. The molecule has 21 heavy (non-hydrogen) atoms. The molecule has 1 aliphatic rings. The first-order valence-corrected chi connectivity index (χ1v) is 7.19. The molecule has 2 amide bonds. The smallest absolute Gasteiger partial charge is 0.270 e. The van der Waals surface area contributed by atoms with Crippen molar-refractivity contribution in [2.24, 2.45) is 10.2 Å². The van der Waals surface area contributed by atoms with E-state index in [1.165, 1.54) is 10.0 Å². The first kappa shape index (κ1) is 15.1. The van der Waals surface area contributed by atoms with Gasteiger partial charge in [0.2, 0.25) is 11.7 Å². The number of likely N-dealkylation sites (N-methyl/N-ethyl adjacent to an activating group) is 2. The van der Waals surface area contributed by atoms with E-state index in [0.29, 0.717) is 29.5 Å². The lowest BCUT2D eigenvalue weighted by atomic mass is 10.3. The van der Waals surface area contributed by atoms with Crippen molar-refractivity contribution in [1.82, 2.24) is 14.4 Å². The standard InChI is InChI=1S/C12H14N6O2S/c1-5-17-11(19)9(12(20)18(17)6-2)14-15-10-8(13-4)7(3)16-21-10/h9H,5-6H2,1-3H3. The van der Waals surface area contributed by atoms with Gasteiger partial charge in [0.25, 0.3) is 11.8 Å². The van der Waals surface area contributed by atoms with Crippen LogP contribution in [-0.2, 0) is 9.59 Å². The van der Waals surface area contributed by atoms with Crippen LogP contribution in [0.25, 0.3) is 4.85 Å². The minimum atomic E-state index is -1.16. The Bertz CT molecular complexity index is 625. The van der Waals surface area contributed by atoms with Crippen LogP contribution in [0.3, 0.4) is 0 Å². The van der Waals surface area contributed by atoms with E-state index < -0.39 is 17.9 Å². The Morgan fingerprint density at radius 1 is 1.29 bits per heavy atom. The van der Waals surface area contributed by atoms with E-state index in [1.54, 1.807) is 20.8 Å². The molecule has 1 saturated heterocycles. The summed E-state index contributed by atoms with van der Waals surface area (Å²) in [7, 11) is 0. The van der Waals surface area contributed by atoms with Crippen LogP contribution in [0.4, 0.5) is 10.7 Å². The number of aromatic nitrogens is 1. The zero-order valence-electron chi connectivity index (χ0n) is 11.9. The van der Waals surface area contributed by atoms with E-state index in [2.05, 4.69) is 19.4 Å². The fraction of sp³-hybridized carbons (Fsp3) is 0.500. The third kappa shape index (κ3) is 2.50. The third-order valence-corrected chi connectivity index (χ3v) is 3.87. The molecule has 0 radical (unpaired) electrons. The van der Waals surface area contributed by atoms with Crippen molar-refractivity contribution >= 4 is 34.0 Å². The molecule has 0 bridgehead atoms. The van der Waals surface area contributed by atoms with Gasteiger partial charge in [0.15, 0.2) is 5.00 Å². The number of amides is 2. The quantitative estimate of drug-likeness (QED) is 0.485. The highest BCUT2D eigenvalue weighted by atomic mass is 32.1. The van der Waals surface area contributed by atoms with Gasteiger partial charge >= 0.3 is 0 Å². The number of hydrogen-bond acceptors (Lipinski definition) is 6. The summed E-state index contributed by atoms with van der Waals surface area (Å²) in [6.45, 7) is 13.2. The van der Waals surface area contributed by atoms with Crippen molar-refractivity contribution in [3.05, 3.63) is 17.1 Å². The van der Waals surface area contributed by atoms with Gasteiger partial charge < -0.3 is 0 Å². The van der Waals surface area contributed by atoms with Gasteiger partial charge in [0.1, 0.15) is 0 Å².